The van der Waals surface area contributed by atoms with Crippen molar-refractivity contribution in [2.75, 3.05) is 0 Å². The van der Waals surface area contributed by atoms with Crippen LogP contribution in [-0.4, -0.2) is 5.10 Å². The third-order valence-electron chi connectivity index (χ3n) is 2.26. The first-order valence-corrected chi connectivity index (χ1v) is 4.14. The molecule has 3 heteroatoms. The van der Waals surface area contributed by atoms with E-state index in [1.165, 1.54) is 6.20 Å². The van der Waals surface area contributed by atoms with Crippen molar-refractivity contribution in [2.45, 2.75) is 13.8 Å². The number of hydrogen-bond acceptors (Lipinski definition) is 2. The molecular formula is C10H10N2O. The molecule has 13 heavy (non-hydrogen) atoms. The first-order valence-electron chi connectivity index (χ1n) is 4.14. The average Bonchev–Trinajstić information content (AvgIpc) is 2.12. The molecule has 1 aromatic heterocycles. The molecule has 0 N–H and O–H groups in total. The predicted octanol–water partition coefficient (Wildman–Crippen LogP) is 1.49. The van der Waals surface area contributed by atoms with Crippen LogP contribution in [0.2, 0.25) is 0 Å². The Hall–Kier alpha value is -1.64. The van der Waals surface area contributed by atoms with E-state index in [-0.39, 0.29) is 0 Å². The van der Waals surface area contributed by atoms with Crippen molar-refractivity contribution < 1.29 is 4.85 Å². The summed E-state index contributed by atoms with van der Waals surface area (Å²) in [7, 11) is 0. The predicted molar refractivity (Wildman–Crippen MR) is 50.2 cm³/mol. The van der Waals surface area contributed by atoms with Crippen LogP contribution in [0.15, 0.2) is 24.5 Å². The maximum atomic E-state index is 11.0. The quantitative estimate of drug-likeness (QED) is 0.448. The van der Waals surface area contributed by atoms with Crippen molar-refractivity contribution in [3.63, 3.8) is 0 Å². The van der Waals surface area contributed by atoms with Crippen LogP contribution in [0.1, 0.15) is 11.1 Å². The van der Waals surface area contributed by atoms with Crippen LogP contribution >= 0.6 is 0 Å². The second-order valence-corrected chi connectivity index (χ2v) is 3.20. The van der Waals surface area contributed by atoms with Gasteiger partial charge in [0.1, 0.15) is 6.20 Å². The molecule has 2 aromatic rings. The molecule has 1 aromatic carbocycles. The first kappa shape index (κ1) is 7.98. The topological polar surface area (TPSA) is 39.8 Å². The van der Waals surface area contributed by atoms with Crippen LogP contribution in [0.4, 0.5) is 0 Å². The van der Waals surface area contributed by atoms with Gasteiger partial charge >= 0.3 is 0 Å². The maximum absolute atomic E-state index is 11.0. The van der Waals surface area contributed by atoms with Crippen LogP contribution in [-0.2, 0) is 0 Å². The lowest BCUT2D eigenvalue weighted by atomic mass is 10.0. The average molecular weight is 174 g/mol. The van der Waals surface area contributed by atoms with Gasteiger partial charge in [0.2, 0.25) is 6.20 Å². The summed E-state index contributed by atoms with van der Waals surface area (Å²) in [6, 6.07) is 4.05. The van der Waals surface area contributed by atoms with Crippen molar-refractivity contribution in [1.29, 1.82) is 0 Å². The molecule has 2 rings (SSSR count). The highest BCUT2D eigenvalue weighted by molar-refractivity contribution is 5.86. The van der Waals surface area contributed by atoms with Gasteiger partial charge in [-0.1, -0.05) is 17.0 Å². The van der Waals surface area contributed by atoms with Crippen LogP contribution in [0.5, 0.6) is 0 Å². The van der Waals surface area contributed by atoms with E-state index in [0.29, 0.717) is 4.85 Å². The largest absolute Gasteiger partial charge is 0.594 e. The molecule has 0 amide bonds. The Morgan fingerprint density at radius 1 is 1.15 bits per heavy atom. The number of benzene rings is 1. The number of aromatic nitrogens is 2. The minimum atomic E-state index is 0.592. The minimum Gasteiger partial charge on any atom is -0.594 e. The normalized spacial score (nSPS) is 10.6. The Balaban J connectivity index is 2.92. The molecule has 0 unspecified atom stereocenters. The second-order valence-electron chi connectivity index (χ2n) is 3.20. The molecule has 0 atom stereocenters. The van der Waals surface area contributed by atoms with Crippen molar-refractivity contribution in [3.05, 3.63) is 40.9 Å². The lowest BCUT2D eigenvalue weighted by molar-refractivity contribution is -0.667. The van der Waals surface area contributed by atoms with Crippen molar-refractivity contribution in [3.8, 4) is 0 Å². The van der Waals surface area contributed by atoms with Gasteiger partial charge < -0.3 is 5.21 Å². The Morgan fingerprint density at radius 3 is 2.46 bits per heavy atom. The van der Waals surface area contributed by atoms with E-state index in [4.69, 9.17) is 0 Å². The molecular weight excluding hydrogens is 164 g/mol. The molecule has 0 aliphatic heterocycles. The molecule has 0 radical (unpaired) electrons. The van der Waals surface area contributed by atoms with Gasteiger partial charge in [0.05, 0.1) is 5.39 Å². The molecule has 3 nitrogen and oxygen atoms in total. The van der Waals surface area contributed by atoms with Gasteiger partial charge in [0.15, 0.2) is 0 Å². The zero-order valence-corrected chi connectivity index (χ0v) is 7.61. The maximum Gasteiger partial charge on any atom is 0.217 e. The van der Waals surface area contributed by atoms with Gasteiger partial charge in [-0.25, -0.2) is 0 Å². The van der Waals surface area contributed by atoms with Gasteiger partial charge in [0, 0.05) is 10.5 Å². The summed E-state index contributed by atoms with van der Waals surface area (Å²) in [4.78, 5) is 0.592. The smallest absolute Gasteiger partial charge is 0.217 e. The fourth-order valence-corrected chi connectivity index (χ4v) is 1.46. The summed E-state index contributed by atoms with van der Waals surface area (Å²) >= 11 is 0. The van der Waals surface area contributed by atoms with Gasteiger partial charge in [-0.05, 0) is 25.0 Å². The first-order chi connectivity index (χ1) is 6.18. The van der Waals surface area contributed by atoms with E-state index in [9.17, 15) is 5.21 Å². The second kappa shape index (κ2) is 2.69. The molecule has 0 bridgehead atoms. The summed E-state index contributed by atoms with van der Waals surface area (Å²) in [6.45, 7) is 4.00. The van der Waals surface area contributed by atoms with Gasteiger partial charge in [-0.3, -0.25) is 0 Å². The number of hydrogen-bond donors (Lipinski definition) is 0. The van der Waals surface area contributed by atoms with Gasteiger partial charge in [-0.2, -0.15) is 0 Å². The van der Waals surface area contributed by atoms with Crippen LogP contribution in [0.3, 0.4) is 0 Å². The molecule has 1 heterocycles. The highest BCUT2D eigenvalue weighted by atomic mass is 16.5. The van der Waals surface area contributed by atoms with E-state index in [0.717, 1.165) is 21.9 Å². The molecule has 0 aliphatic carbocycles. The number of fused-ring (bicyclic) bond motifs is 1. The number of nitrogens with zero attached hydrogens (tertiary/aromatic N) is 2. The van der Waals surface area contributed by atoms with E-state index in [2.05, 4.69) is 5.10 Å². The van der Waals surface area contributed by atoms with E-state index in [1.807, 2.05) is 26.0 Å². The summed E-state index contributed by atoms with van der Waals surface area (Å²) in [5.74, 6) is 0. The Morgan fingerprint density at radius 2 is 1.77 bits per heavy atom. The van der Waals surface area contributed by atoms with Crippen molar-refractivity contribution in [1.82, 2.24) is 5.10 Å². The third-order valence-corrected chi connectivity index (χ3v) is 2.26. The van der Waals surface area contributed by atoms with Gasteiger partial charge in [0.25, 0.3) is 0 Å². The Kier molecular flexibility index (Phi) is 1.65. The lowest BCUT2D eigenvalue weighted by Gasteiger charge is -2.02. The molecule has 66 valence electrons. The summed E-state index contributed by atoms with van der Waals surface area (Å²) in [5, 5.41) is 16.6. The standard InChI is InChI=1S/C10H10N2O/c1-7-3-4-8(2)10-6-12(13)11-5-9(7)10/h3-6H,1-2H3. The highest BCUT2D eigenvalue weighted by Gasteiger charge is 2.04. The SMILES string of the molecule is Cc1ccc(C)c2c[n+]([O-])ncc12. The summed E-state index contributed by atoms with van der Waals surface area (Å²) in [5.41, 5.74) is 2.25. The fraction of sp³-hybridized carbons (Fsp3) is 0.200. The monoisotopic (exact) mass is 174 g/mol. The highest BCUT2D eigenvalue weighted by Crippen LogP contribution is 2.18. The van der Waals surface area contributed by atoms with Crippen LogP contribution in [0.25, 0.3) is 10.8 Å². The van der Waals surface area contributed by atoms with Crippen molar-refractivity contribution >= 4 is 10.8 Å². The Labute approximate surface area is 76.2 Å². The van der Waals surface area contributed by atoms with Crippen molar-refractivity contribution in [2.24, 2.45) is 0 Å². The molecule has 0 spiro atoms. The third kappa shape index (κ3) is 1.22. The van der Waals surface area contributed by atoms with Gasteiger partial charge in [-0.15, -0.1) is 0 Å². The lowest BCUT2D eigenvalue weighted by Crippen LogP contribution is -2.29. The fourth-order valence-electron chi connectivity index (χ4n) is 1.46. The molecule has 0 saturated carbocycles. The molecule has 0 saturated heterocycles. The van der Waals surface area contributed by atoms with E-state index >= 15 is 0 Å². The zero-order chi connectivity index (χ0) is 9.42. The molecule has 0 aliphatic rings. The Bertz CT molecular complexity index is 466. The van der Waals surface area contributed by atoms with Crippen LogP contribution in [0, 0.1) is 19.1 Å². The van der Waals surface area contributed by atoms with E-state index < -0.39 is 0 Å². The summed E-state index contributed by atoms with van der Waals surface area (Å²) in [6.07, 6.45) is 3.13. The minimum absolute atomic E-state index is 0.592. The molecule has 0 fully saturated rings. The summed E-state index contributed by atoms with van der Waals surface area (Å²) < 4.78 is 0. The number of aryl methyl sites for hydroxylation is 2. The zero-order valence-electron chi connectivity index (χ0n) is 7.61. The van der Waals surface area contributed by atoms with E-state index in [1.54, 1.807) is 6.20 Å². The number of rotatable bonds is 0. The van der Waals surface area contributed by atoms with Crippen LogP contribution < -0.4 is 4.85 Å².